The lowest BCUT2D eigenvalue weighted by Gasteiger charge is -2.08. The average Bonchev–Trinajstić information content (AvgIpc) is 2.10. The monoisotopic (exact) mass is 198 g/mol. The highest BCUT2D eigenvalue weighted by Gasteiger charge is 1.99. The van der Waals surface area contributed by atoms with Crippen LogP contribution in [0.25, 0.3) is 0 Å². The number of rotatable bonds is 4. The molecule has 0 aromatic carbocycles. The highest BCUT2D eigenvalue weighted by atomic mass is 35.5. The fourth-order valence-corrected chi connectivity index (χ4v) is 1.000. The minimum absolute atomic E-state index is 0.600. The van der Waals surface area contributed by atoms with Crippen LogP contribution in [0.4, 0.5) is 0 Å². The molecule has 0 N–H and O–H groups in total. The van der Waals surface area contributed by atoms with Crippen molar-refractivity contribution in [3.63, 3.8) is 0 Å². The molecule has 0 aliphatic rings. The van der Waals surface area contributed by atoms with Gasteiger partial charge in [-0.1, -0.05) is 42.3 Å². The van der Waals surface area contributed by atoms with Gasteiger partial charge in [-0.2, -0.15) is 0 Å². The molecule has 0 aliphatic heterocycles. The molecular formula is C12H19Cl. The summed E-state index contributed by atoms with van der Waals surface area (Å²) in [6.07, 6.45) is 9.43. The zero-order chi connectivity index (χ0) is 10.3. The molecule has 0 aliphatic carbocycles. The first-order valence-corrected chi connectivity index (χ1v) is 5.07. The van der Waals surface area contributed by atoms with Gasteiger partial charge in [0.25, 0.3) is 0 Å². The summed E-state index contributed by atoms with van der Waals surface area (Å²) in [7, 11) is 0. The number of hydrogen-bond donors (Lipinski definition) is 0. The van der Waals surface area contributed by atoms with E-state index in [4.69, 9.17) is 11.6 Å². The molecule has 0 heterocycles. The Hall–Kier alpha value is -0.490. The molecule has 74 valence electrons. The zero-order valence-corrected chi connectivity index (χ0v) is 9.73. The Kier molecular flexibility index (Phi) is 6.70. The highest BCUT2D eigenvalue weighted by Crippen LogP contribution is 2.15. The van der Waals surface area contributed by atoms with E-state index in [2.05, 4.69) is 39.0 Å². The maximum Gasteiger partial charge on any atom is 0.0149 e. The Labute approximate surface area is 87.0 Å². The van der Waals surface area contributed by atoms with Crippen molar-refractivity contribution in [3.05, 3.63) is 34.9 Å². The van der Waals surface area contributed by atoms with E-state index in [0.29, 0.717) is 5.92 Å². The molecule has 0 aromatic rings. The van der Waals surface area contributed by atoms with Crippen LogP contribution in [0.2, 0.25) is 0 Å². The van der Waals surface area contributed by atoms with E-state index < -0.39 is 0 Å². The fraction of sp³-hybridized carbons (Fsp3) is 0.500. The summed E-state index contributed by atoms with van der Waals surface area (Å²) in [6.45, 7) is 8.31. The van der Waals surface area contributed by atoms with Crippen molar-refractivity contribution < 1.29 is 0 Å². The molecule has 0 radical (unpaired) electrons. The second kappa shape index (κ2) is 6.97. The van der Waals surface area contributed by atoms with Crippen LogP contribution in [-0.2, 0) is 0 Å². The maximum absolute atomic E-state index is 5.73. The lowest BCUT2D eigenvalue weighted by molar-refractivity contribution is 0.694. The molecule has 1 heteroatoms. The molecule has 0 aromatic heterocycles. The van der Waals surface area contributed by atoms with Crippen LogP contribution in [0.15, 0.2) is 34.9 Å². The van der Waals surface area contributed by atoms with Crippen molar-refractivity contribution in [2.45, 2.75) is 34.1 Å². The van der Waals surface area contributed by atoms with Gasteiger partial charge in [0.2, 0.25) is 0 Å². The van der Waals surface area contributed by atoms with Gasteiger partial charge in [0.15, 0.2) is 0 Å². The maximum atomic E-state index is 5.73. The summed E-state index contributed by atoms with van der Waals surface area (Å²) in [5.41, 5.74) is 1.37. The van der Waals surface area contributed by atoms with Gasteiger partial charge in [0.05, 0.1) is 0 Å². The molecule has 0 amide bonds. The third kappa shape index (κ3) is 6.65. The molecule has 1 unspecified atom stereocenters. The summed E-state index contributed by atoms with van der Waals surface area (Å²) in [5, 5.41) is 0.831. The lowest BCUT2D eigenvalue weighted by atomic mass is 9.98. The van der Waals surface area contributed by atoms with E-state index in [1.54, 1.807) is 0 Å². The summed E-state index contributed by atoms with van der Waals surface area (Å²) < 4.78 is 0. The van der Waals surface area contributed by atoms with E-state index in [0.717, 1.165) is 11.5 Å². The second-order valence-electron chi connectivity index (χ2n) is 3.37. The van der Waals surface area contributed by atoms with Gasteiger partial charge >= 0.3 is 0 Å². The predicted molar refractivity (Wildman–Crippen MR) is 62.0 cm³/mol. The lowest BCUT2D eigenvalue weighted by Crippen LogP contribution is -1.93. The summed E-state index contributed by atoms with van der Waals surface area (Å²) in [4.78, 5) is 0. The normalized spacial score (nSPS) is 16.7. The van der Waals surface area contributed by atoms with Gasteiger partial charge in [0, 0.05) is 5.03 Å². The van der Waals surface area contributed by atoms with Crippen LogP contribution >= 0.6 is 11.6 Å². The molecule has 0 rings (SSSR count). The SMILES string of the molecule is C/C=C\CC(C)/C(C)=C/C=C(\C)Cl. The van der Waals surface area contributed by atoms with Crippen LogP contribution in [0.3, 0.4) is 0 Å². The van der Waals surface area contributed by atoms with Crippen molar-refractivity contribution in [2.75, 3.05) is 0 Å². The van der Waals surface area contributed by atoms with Crippen molar-refractivity contribution in [1.29, 1.82) is 0 Å². The van der Waals surface area contributed by atoms with Gasteiger partial charge in [-0.3, -0.25) is 0 Å². The van der Waals surface area contributed by atoms with Gasteiger partial charge in [-0.15, -0.1) is 0 Å². The Morgan fingerprint density at radius 1 is 1.31 bits per heavy atom. The molecule has 0 bridgehead atoms. The Balaban J connectivity index is 4.16. The van der Waals surface area contributed by atoms with Crippen LogP contribution in [-0.4, -0.2) is 0 Å². The van der Waals surface area contributed by atoms with E-state index >= 15 is 0 Å². The van der Waals surface area contributed by atoms with Crippen LogP contribution in [0.5, 0.6) is 0 Å². The van der Waals surface area contributed by atoms with Crippen molar-refractivity contribution >= 4 is 11.6 Å². The van der Waals surface area contributed by atoms with E-state index in [1.807, 2.05) is 13.0 Å². The molecule has 13 heavy (non-hydrogen) atoms. The topological polar surface area (TPSA) is 0 Å². The minimum atomic E-state index is 0.600. The molecule has 0 nitrogen and oxygen atoms in total. The van der Waals surface area contributed by atoms with E-state index in [1.165, 1.54) is 5.57 Å². The van der Waals surface area contributed by atoms with Crippen molar-refractivity contribution in [3.8, 4) is 0 Å². The van der Waals surface area contributed by atoms with Gasteiger partial charge in [-0.25, -0.2) is 0 Å². The number of halogens is 1. The Bertz CT molecular complexity index is 217. The Morgan fingerprint density at radius 3 is 2.38 bits per heavy atom. The van der Waals surface area contributed by atoms with Gasteiger partial charge in [0.1, 0.15) is 0 Å². The summed E-state index contributed by atoms with van der Waals surface area (Å²) in [6, 6.07) is 0. The molecule has 0 saturated carbocycles. The van der Waals surface area contributed by atoms with Crippen molar-refractivity contribution in [2.24, 2.45) is 5.92 Å². The fourth-order valence-electron chi connectivity index (χ4n) is 0.937. The standard InChI is InChI=1S/C12H19Cl/c1-5-6-7-10(2)11(3)8-9-12(4)13/h5-6,8-10H,7H2,1-4H3/b6-5-,11-8+,12-9+. The molecule has 0 fully saturated rings. The predicted octanol–water partition coefficient (Wildman–Crippen LogP) is 4.68. The third-order valence-corrected chi connectivity index (χ3v) is 2.20. The molecule has 0 saturated heterocycles. The van der Waals surface area contributed by atoms with Gasteiger partial charge in [-0.05, 0) is 39.2 Å². The average molecular weight is 199 g/mol. The smallest absolute Gasteiger partial charge is 0.0149 e. The third-order valence-electron chi connectivity index (χ3n) is 2.08. The largest absolute Gasteiger partial charge is 0.0916 e. The van der Waals surface area contributed by atoms with Crippen LogP contribution < -0.4 is 0 Å². The summed E-state index contributed by atoms with van der Waals surface area (Å²) >= 11 is 5.73. The first-order chi connectivity index (χ1) is 6.07. The van der Waals surface area contributed by atoms with E-state index in [9.17, 15) is 0 Å². The first-order valence-electron chi connectivity index (χ1n) is 4.69. The minimum Gasteiger partial charge on any atom is -0.0916 e. The first kappa shape index (κ1) is 12.5. The Morgan fingerprint density at radius 2 is 1.92 bits per heavy atom. The molecule has 1 atom stereocenters. The quantitative estimate of drug-likeness (QED) is 0.455. The van der Waals surface area contributed by atoms with Crippen LogP contribution in [0.1, 0.15) is 34.1 Å². The number of hydrogen-bond acceptors (Lipinski definition) is 0. The zero-order valence-electron chi connectivity index (χ0n) is 8.97. The summed E-state index contributed by atoms with van der Waals surface area (Å²) in [5.74, 6) is 0.600. The van der Waals surface area contributed by atoms with Crippen molar-refractivity contribution in [1.82, 2.24) is 0 Å². The highest BCUT2D eigenvalue weighted by molar-refractivity contribution is 6.29. The van der Waals surface area contributed by atoms with Gasteiger partial charge < -0.3 is 0 Å². The van der Waals surface area contributed by atoms with E-state index in [-0.39, 0.29) is 0 Å². The van der Waals surface area contributed by atoms with Crippen LogP contribution in [0, 0.1) is 5.92 Å². The second-order valence-corrected chi connectivity index (χ2v) is 3.97. The molecule has 0 spiro atoms. The molecular weight excluding hydrogens is 180 g/mol. The number of allylic oxidation sites excluding steroid dienone is 6.